The van der Waals surface area contributed by atoms with E-state index in [9.17, 15) is 16.8 Å². The summed E-state index contributed by atoms with van der Waals surface area (Å²) in [4.78, 5) is 9.38. The fourth-order valence-corrected chi connectivity index (χ4v) is 5.15. The van der Waals surface area contributed by atoms with E-state index >= 15 is 0 Å². The van der Waals surface area contributed by atoms with Crippen LogP contribution in [-0.4, -0.2) is 89.7 Å². The molecule has 2 aromatic carbocycles. The van der Waals surface area contributed by atoms with Crippen molar-refractivity contribution in [1.82, 2.24) is 14.5 Å². The molecule has 5 rings (SSSR count). The Kier molecular flexibility index (Phi) is 9.47. The molecule has 1 fully saturated rings. The first-order valence-electron chi connectivity index (χ1n) is 12.6. The van der Waals surface area contributed by atoms with E-state index in [1.807, 2.05) is 18.5 Å². The van der Waals surface area contributed by atoms with Crippen LogP contribution in [0.5, 0.6) is 11.5 Å². The monoisotopic (exact) mass is 599 g/mol. The largest absolute Gasteiger partial charge is 0.486 e. The van der Waals surface area contributed by atoms with E-state index < -0.39 is 19.1 Å². The number of aromatic nitrogens is 2. The van der Waals surface area contributed by atoms with E-state index in [1.54, 1.807) is 12.1 Å². The Morgan fingerprint density at radius 2 is 1.56 bits per heavy atom. The second kappa shape index (κ2) is 12.6. The minimum absolute atomic E-state index is 0.538. The van der Waals surface area contributed by atoms with Crippen LogP contribution in [0.15, 0.2) is 42.7 Å². The summed E-state index contributed by atoms with van der Waals surface area (Å²) in [5, 5.41) is 0. The van der Waals surface area contributed by atoms with Crippen LogP contribution in [-0.2, 0) is 25.6 Å². The van der Waals surface area contributed by atoms with Gasteiger partial charge in [0.2, 0.25) is 19.1 Å². The van der Waals surface area contributed by atoms with Crippen LogP contribution in [0.4, 0.5) is 11.4 Å². The molecule has 11 nitrogen and oxygen atoms in total. The lowest BCUT2D eigenvalue weighted by Gasteiger charge is -2.36. The summed E-state index contributed by atoms with van der Waals surface area (Å²) >= 11 is 0. The number of nitrogens with zero attached hydrogens (tertiary/aromatic N) is 4. The first-order valence-corrected chi connectivity index (χ1v) is 17.2. The first-order chi connectivity index (χ1) is 18.4. The van der Waals surface area contributed by atoms with E-state index in [0.29, 0.717) is 18.9 Å². The standard InChI is InChI=1S/C24H31N5O4S.CH3ClO2S/c1-34(30,31)26-19-4-6-22-21(16-19)25-18-29(22)9-3-2-8-27-10-12-28(13-11-27)20-5-7-23-24(17-20)33-15-14-32-23;1-5(2,3)4/h4-7,16-18,26H,2-3,8-15H2,1H3;1H3. The number of anilines is 2. The number of hydrogen-bond acceptors (Lipinski definition) is 9. The van der Waals surface area contributed by atoms with Gasteiger partial charge in [0.1, 0.15) is 13.2 Å². The summed E-state index contributed by atoms with van der Waals surface area (Å²) < 4.78 is 57.7. The average Bonchev–Trinajstić information content (AvgIpc) is 3.27. The number of ether oxygens (including phenoxy) is 2. The molecule has 14 heteroatoms. The minimum Gasteiger partial charge on any atom is -0.486 e. The lowest BCUT2D eigenvalue weighted by molar-refractivity contribution is 0.171. The molecule has 1 saturated heterocycles. The van der Waals surface area contributed by atoms with Crippen molar-refractivity contribution in [2.75, 3.05) is 68.1 Å². The van der Waals surface area contributed by atoms with Crippen molar-refractivity contribution in [2.45, 2.75) is 19.4 Å². The fraction of sp³-hybridized carbons (Fsp3) is 0.480. The van der Waals surface area contributed by atoms with E-state index in [1.165, 1.54) is 5.69 Å². The van der Waals surface area contributed by atoms with Crippen LogP contribution in [0.1, 0.15) is 12.8 Å². The molecule has 2 aliphatic rings. The molecular formula is C25H34ClN5O6S2. The quantitative estimate of drug-likeness (QED) is 0.307. The number of hydrogen-bond donors (Lipinski definition) is 1. The number of benzene rings is 2. The van der Waals surface area contributed by atoms with Crippen LogP contribution in [0.3, 0.4) is 0 Å². The molecule has 39 heavy (non-hydrogen) atoms. The van der Waals surface area contributed by atoms with Gasteiger partial charge in [-0.2, -0.15) is 0 Å². The molecule has 0 spiro atoms. The lowest BCUT2D eigenvalue weighted by atomic mass is 10.2. The molecule has 3 aromatic rings. The van der Waals surface area contributed by atoms with Crippen molar-refractivity contribution >= 4 is 52.2 Å². The zero-order chi connectivity index (χ0) is 28.0. The second-order valence-electron chi connectivity index (χ2n) is 9.56. The predicted molar refractivity (Wildman–Crippen MR) is 154 cm³/mol. The van der Waals surface area contributed by atoms with Gasteiger partial charge < -0.3 is 18.9 Å². The molecule has 0 saturated carbocycles. The predicted octanol–water partition coefficient (Wildman–Crippen LogP) is 2.97. The Bertz CT molecular complexity index is 1480. The maximum Gasteiger partial charge on any atom is 0.229 e. The van der Waals surface area contributed by atoms with E-state index in [2.05, 4.69) is 46.9 Å². The SMILES string of the molecule is CS(=O)(=O)Cl.CS(=O)(=O)Nc1ccc2c(c1)ncn2CCCCN1CCN(c2ccc3c(c2)OCCO3)CC1. The van der Waals surface area contributed by atoms with Crippen LogP contribution < -0.4 is 19.1 Å². The molecular weight excluding hydrogens is 566 g/mol. The van der Waals surface area contributed by atoms with E-state index in [-0.39, 0.29) is 0 Å². The highest BCUT2D eigenvalue weighted by molar-refractivity contribution is 8.13. The zero-order valence-corrected chi connectivity index (χ0v) is 24.4. The Balaban J connectivity index is 0.000000648. The van der Waals surface area contributed by atoms with E-state index in [0.717, 1.165) is 87.2 Å². The highest BCUT2D eigenvalue weighted by Crippen LogP contribution is 2.34. The normalized spacial score (nSPS) is 16.0. The summed E-state index contributed by atoms with van der Waals surface area (Å²) in [6, 6.07) is 11.7. The van der Waals surface area contributed by atoms with Gasteiger partial charge in [-0.1, -0.05) is 0 Å². The van der Waals surface area contributed by atoms with Gasteiger partial charge in [0, 0.05) is 55.2 Å². The number of piperazine rings is 1. The molecule has 0 radical (unpaired) electrons. The summed E-state index contributed by atoms with van der Waals surface area (Å²) in [5.41, 5.74) is 3.55. The number of unbranched alkanes of at least 4 members (excludes halogenated alkanes) is 1. The van der Waals surface area contributed by atoms with Gasteiger partial charge in [-0.05, 0) is 49.7 Å². The lowest BCUT2D eigenvalue weighted by Crippen LogP contribution is -2.46. The average molecular weight is 600 g/mol. The number of halogens is 1. The molecule has 2 aliphatic heterocycles. The van der Waals surface area contributed by atoms with Gasteiger partial charge in [-0.3, -0.25) is 9.62 Å². The van der Waals surface area contributed by atoms with Crippen molar-refractivity contribution in [1.29, 1.82) is 0 Å². The highest BCUT2D eigenvalue weighted by Gasteiger charge is 2.19. The molecule has 0 atom stereocenters. The zero-order valence-electron chi connectivity index (χ0n) is 22.0. The molecule has 0 aliphatic carbocycles. The highest BCUT2D eigenvalue weighted by atomic mass is 35.7. The van der Waals surface area contributed by atoms with Crippen molar-refractivity contribution in [3.8, 4) is 11.5 Å². The van der Waals surface area contributed by atoms with Crippen molar-refractivity contribution in [2.24, 2.45) is 0 Å². The molecule has 214 valence electrons. The molecule has 3 heterocycles. The third-order valence-corrected chi connectivity index (χ3v) is 6.92. The summed E-state index contributed by atoms with van der Waals surface area (Å²) in [5.74, 6) is 1.69. The van der Waals surface area contributed by atoms with Gasteiger partial charge in [-0.25, -0.2) is 21.8 Å². The van der Waals surface area contributed by atoms with Crippen molar-refractivity contribution in [3.63, 3.8) is 0 Å². The number of nitrogens with one attached hydrogen (secondary N) is 1. The molecule has 0 bridgehead atoms. The Morgan fingerprint density at radius 1 is 0.897 bits per heavy atom. The summed E-state index contributed by atoms with van der Waals surface area (Å²) in [6.07, 6.45) is 6.10. The second-order valence-corrected chi connectivity index (χ2v) is 14.4. The molecule has 0 amide bonds. The number of rotatable bonds is 8. The Labute approximate surface area is 234 Å². The fourth-order valence-electron chi connectivity index (χ4n) is 4.60. The molecule has 1 aromatic heterocycles. The number of imidazole rings is 1. The first kappa shape index (κ1) is 29.2. The van der Waals surface area contributed by atoms with Crippen molar-refractivity contribution < 1.29 is 26.3 Å². The molecule has 1 N–H and O–H groups in total. The van der Waals surface area contributed by atoms with Crippen LogP contribution in [0.2, 0.25) is 0 Å². The van der Waals surface area contributed by atoms with Crippen LogP contribution in [0, 0.1) is 0 Å². The van der Waals surface area contributed by atoms with Gasteiger partial charge in [-0.15, -0.1) is 0 Å². The summed E-state index contributed by atoms with van der Waals surface area (Å²) in [7, 11) is -1.99. The maximum atomic E-state index is 11.4. The minimum atomic E-state index is -3.29. The van der Waals surface area contributed by atoms with Crippen LogP contribution >= 0.6 is 10.7 Å². The molecule has 0 unspecified atom stereocenters. The number of aryl methyl sites for hydroxylation is 1. The third kappa shape index (κ3) is 9.16. The van der Waals surface area contributed by atoms with Gasteiger partial charge in [0.05, 0.1) is 35.6 Å². The van der Waals surface area contributed by atoms with Crippen LogP contribution in [0.25, 0.3) is 11.0 Å². The van der Waals surface area contributed by atoms with Gasteiger partial charge in [0.25, 0.3) is 0 Å². The van der Waals surface area contributed by atoms with E-state index in [4.69, 9.17) is 9.47 Å². The van der Waals surface area contributed by atoms with Gasteiger partial charge >= 0.3 is 0 Å². The topological polar surface area (TPSA) is 123 Å². The number of fused-ring (bicyclic) bond motifs is 2. The summed E-state index contributed by atoms with van der Waals surface area (Å²) in [6.45, 7) is 7.34. The Morgan fingerprint density at radius 3 is 2.26 bits per heavy atom. The van der Waals surface area contributed by atoms with Crippen molar-refractivity contribution in [3.05, 3.63) is 42.7 Å². The maximum absolute atomic E-state index is 11.4. The third-order valence-electron chi connectivity index (χ3n) is 6.31. The number of sulfonamides is 1. The Hall–Kier alpha value is -2.74. The van der Waals surface area contributed by atoms with Gasteiger partial charge in [0.15, 0.2) is 11.5 Å². The smallest absolute Gasteiger partial charge is 0.229 e.